The highest BCUT2D eigenvalue weighted by molar-refractivity contribution is 5.92. The van der Waals surface area contributed by atoms with Crippen LogP contribution in [0.15, 0.2) is 12.1 Å². The van der Waals surface area contributed by atoms with E-state index in [1.165, 1.54) is 19.2 Å². The van der Waals surface area contributed by atoms with Crippen LogP contribution in [0, 0.1) is 5.95 Å². The summed E-state index contributed by atoms with van der Waals surface area (Å²) in [7, 11) is 1.46. The van der Waals surface area contributed by atoms with Gasteiger partial charge in [-0.3, -0.25) is 4.79 Å². The molecule has 0 radical (unpaired) electrons. The van der Waals surface area contributed by atoms with Crippen LogP contribution in [0.2, 0.25) is 0 Å². The molecule has 0 atom stereocenters. The van der Waals surface area contributed by atoms with E-state index in [4.69, 9.17) is 5.73 Å². The van der Waals surface area contributed by atoms with Gasteiger partial charge in [0.05, 0.1) is 5.69 Å². The number of hydrogen-bond donors (Lipinski definition) is 3. The summed E-state index contributed by atoms with van der Waals surface area (Å²) in [5.74, 6) is -1.12. The third-order valence-corrected chi connectivity index (χ3v) is 1.77. The molecule has 0 aromatic carbocycles. The van der Waals surface area contributed by atoms with Crippen molar-refractivity contribution in [3.05, 3.63) is 23.8 Å². The van der Waals surface area contributed by atoms with Crippen molar-refractivity contribution in [3.63, 3.8) is 0 Å². The molecule has 15 heavy (non-hydrogen) atoms. The highest BCUT2D eigenvalue weighted by Crippen LogP contribution is 2.11. The monoisotopic (exact) mass is 212 g/mol. The Morgan fingerprint density at radius 2 is 2.33 bits per heavy atom. The van der Waals surface area contributed by atoms with E-state index in [0.717, 1.165) is 0 Å². The Bertz CT molecular complexity index is 356. The molecule has 0 bridgehead atoms. The molecule has 0 unspecified atom stereocenters. The molecule has 0 spiro atoms. The van der Waals surface area contributed by atoms with Crippen LogP contribution in [0.1, 0.15) is 10.5 Å². The van der Waals surface area contributed by atoms with Gasteiger partial charge in [0.15, 0.2) is 0 Å². The number of nitrogens with one attached hydrogen (secondary N) is 2. The molecule has 82 valence electrons. The number of pyridine rings is 1. The number of carbonyl (C=O) groups is 1. The molecule has 1 rings (SSSR count). The first-order chi connectivity index (χ1) is 7.19. The van der Waals surface area contributed by atoms with Crippen molar-refractivity contribution in [2.75, 3.05) is 25.5 Å². The van der Waals surface area contributed by atoms with Crippen LogP contribution in [0.25, 0.3) is 0 Å². The number of halogens is 1. The summed E-state index contributed by atoms with van der Waals surface area (Å²) >= 11 is 0. The van der Waals surface area contributed by atoms with Crippen molar-refractivity contribution in [3.8, 4) is 0 Å². The highest BCUT2D eigenvalue weighted by atomic mass is 19.1. The Kier molecular flexibility index (Phi) is 3.99. The van der Waals surface area contributed by atoms with Crippen molar-refractivity contribution >= 4 is 11.6 Å². The lowest BCUT2D eigenvalue weighted by molar-refractivity contribution is 0.0957. The maximum absolute atomic E-state index is 13.3. The number of hydrogen-bond acceptors (Lipinski definition) is 4. The molecule has 5 nitrogen and oxygen atoms in total. The number of nitrogens with zero attached hydrogens (tertiary/aromatic N) is 1. The molecule has 0 aliphatic heterocycles. The molecule has 0 aliphatic carbocycles. The fraction of sp³-hybridized carbons (Fsp3) is 0.333. The zero-order chi connectivity index (χ0) is 11.3. The standard InChI is InChI=1S/C9H13FN4O/c1-12-9(15)7-3-2-6(8(10)14-7)13-5-4-11/h2-3,13H,4-5,11H2,1H3,(H,12,15). The Balaban J connectivity index is 2.83. The Morgan fingerprint density at radius 1 is 1.60 bits per heavy atom. The van der Waals surface area contributed by atoms with E-state index >= 15 is 0 Å². The number of aromatic nitrogens is 1. The average Bonchev–Trinajstić information content (AvgIpc) is 2.26. The van der Waals surface area contributed by atoms with E-state index in [1.807, 2.05) is 0 Å². The average molecular weight is 212 g/mol. The molecule has 0 saturated heterocycles. The SMILES string of the molecule is CNC(=O)c1ccc(NCCN)c(F)n1. The van der Waals surface area contributed by atoms with Gasteiger partial charge in [0, 0.05) is 20.1 Å². The van der Waals surface area contributed by atoms with Crippen LogP contribution in [-0.2, 0) is 0 Å². The lowest BCUT2D eigenvalue weighted by Crippen LogP contribution is -2.20. The predicted octanol–water partition coefficient (Wildman–Crippen LogP) is -0.0491. The van der Waals surface area contributed by atoms with Gasteiger partial charge in [0.25, 0.3) is 5.91 Å². The van der Waals surface area contributed by atoms with Crippen LogP contribution in [0.3, 0.4) is 0 Å². The van der Waals surface area contributed by atoms with E-state index in [-0.39, 0.29) is 11.4 Å². The summed E-state index contributed by atoms with van der Waals surface area (Å²) in [5, 5.41) is 5.12. The molecular weight excluding hydrogens is 199 g/mol. The van der Waals surface area contributed by atoms with Gasteiger partial charge in [-0.15, -0.1) is 0 Å². The normalized spacial score (nSPS) is 9.80. The summed E-state index contributed by atoms with van der Waals surface area (Å²) in [4.78, 5) is 14.6. The van der Waals surface area contributed by atoms with Crippen LogP contribution in [0.5, 0.6) is 0 Å². The Morgan fingerprint density at radius 3 is 2.87 bits per heavy atom. The summed E-state index contributed by atoms with van der Waals surface area (Å²) < 4.78 is 13.3. The zero-order valence-electron chi connectivity index (χ0n) is 8.38. The van der Waals surface area contributed by atoms with Crippen LogP contribution < -0.4 is 16.4 Å². The number of nitrogens with two attached hydrogens (primary N) is 1. The molecular formula is C9H13FN4O. The molecule has 0 saturated carbocycles. The zero-order valence-corrected chi connectivity index (χ0v) is 8.38. The predicted molar refractivity (Wildman–Crippen MR) is 55.1 cm³/mol. The van der Waals surface area contributed by atoms with Gasteiger partial charge in [-0.1, -0.05) is 0 Å². The summed E-state index contributed by atoms with van der Waals surface area (Å²) in [6, 6.07) is 2.91. The number of carbonyl (C=O) groups excluding carboxylic acids is 1. The minimum atomic E-state index is -0.704. The summed E-state index contributed by atoms with van der Waals surface area (Å²) in [5.41, 5.74) is 5.55. The Labute approximate surface area is 86.9 Å². The van der Waals surface area contributed by atoms with Crippen molar-refractivity contribution in [1.29, 1.82) is 0 Å². The van der Waals surface area contributed by atoms with Gasteiger partial charge in [-0.05, 0) is 12.1 Å². The number of anilines is 1. The third-order valence-electron chi connectivity index (χ3n) is 1.77. The minimum Gasteiger partial charge on any atom is -0.380 e. The van der Waals surface area contributed by atoms with E-state index in [2.05, 4.69) is 15.6 Å². The second kappa shape index (κ2) is 5.26. The molecule has 1 amide bonds. The first-order valence-electron chi connectivity index (χ1n) is 4.51. The van der Waals surface area contributed by atoms with Gasteiger partial charge in [0.2, 0.25) is 5.95 Å². The lowest BCUT2D eigenvalue weighted by atomic mass is 10.3. The van der Waals surface area contributed by atoms with E-state index < -0.39 is 11.9 Å². The fourth-order valence-electron chi connectivity index (χ4n) is 1.03. The Hall–Kier alpha value is -1.69. The summed E-state index contributed by atoms with van der Waals surface area (Å²) in [6.45, 7) is 0.856. The van der Waals surface area contributed by atoms with Gasteiger partial charge < -0.3 is 16.4 Å². The second-order valence-electron chi connectivity index (χ2n) is 2.83. The third kappa shape index (κ3) is 2.88. The summed E-state index contributed by atoms with van der Waals surface area (Å²) in [6.07, 6.45) is 0. The molecule has 0 aliphatic rings. The van der Waals surface area contributed by atoms with Gasteiger partial charge in [-0.25, -0.2) is 4.98 Å². The largest absolute Gasteiger partial charge is 0.380 e. The van der Waals surface area contributed by atoms with E-state index in [0.29, 0.717) is 13.1 Å². The molecule has 0 fully saturated rings. The number of rotatable bonds is 4. The smallest absolute Gasteiger partial charge is 0.269 e. The topological polar surface area (TPSA) is 80.0 Å². The van der Waals surface area contributed by atoms with Gasteiger partial charge in [-0.2, -0.15) is 4.39 Å². The van der Waals surface area contributed by atoms with Crippen molar-refractivity contribution in [2.45, 2.75) is 0 Å². The molecule has 6 heteroatoms. The lowest BCUT2D eigenvalue weighted by Gasteiger charge is -2.06. The first-order valence-corrected chi connectivity index (χ1v) is 4.51. The molecule has 4 N–H and O–H groups in total. The number of amides is 1. The van der Waals surface area contributed by atoms with Crippen LogP contribution >= 0.6 is 0 Å². The highest BCUT2D eigenvalue weighted by Gasteiger charge is 2.09. The fourth-order valence-corrected chi connectivity index (χ4v) is 1.03. The quantitative estimate of drug-likeness (QED) is 0.611. The maximum Gasteiger partial charge on any atom is 0.269 e. The van der Waals surface area contributed by atoms with Crippen LogP contribution in [0.4, 0.5) is 10.1 Å². The van der Waals surface area contributed by atoms with Crippen molar-refractivity contribution in [2.24, 2.45) is 5.73 Å². The second-order valence-corrected chi connectivity index (χ2v) is 2.83. The van der Waals surface area contributed by atoms with E-state index in [9.17, 15) is 9.18 Å². The van der Waals surface area contributed by atoms with Crippen molar-refractivity contribution < 1.29 is 9.18 Å². The maximum atomic E-state index is 13.3. The van der Waals surface area contributed by atoms with Crippen molar-refractivity contribution in [1.82, 2.24) is 10.3 Å². The van der Waals surface area contributed by atoms with E-state index in [1.54, 1.807) is 0 Å². The van der Waals surface area contributed by atoms with Gasteiger partial charge in [0.1, 0.15) is 5.69 Å². The first kappa shape index (κ1) is 11.4. The van der Waals surface area contributed by atoms with Gasteiger partial charge >= 0.3 is 0 Å². The molecule has 1 aromatic rings. The molecule has 1 aromatic heterocycles. The minimum absolute atomic E-state index is 0.0494. The molecule has 1 heterocycles. The van der Waals surface area contributed by atoms with Crippen LogP contribution in [-0.4, -0.2) is 31.0 Å².